The maximum atomic E-state index is 13.2. The van der Waals surface area contributed by atoms with Crippen molar-refractivity contribution in [1.29, 1.82) is 0 Å². The van der Waals surface area contributed by atoms with Crippen LogP contribution in [0.4, 0.5) is 13.2 Å². The number of rotatable bonds is 12. The lowest BCUT2D eigenvalue weighted by Gasteiger charge is -2.41. The van der Waals surface area contributed by atoms with Gasteiger partial charge in [0.2, 0.25) is 5.91 Å². The molecule has 2 saturated heterocycles. The Bertz CT molecular complexity index is 2390. The first kappa shape index (κ1) is 42.0. The number of alkyl halides is 3. The van der Waals surface area contributed by atoms with Gasteiger partial charge >= 0.3 is 12.1 Å². The van der Waals surface area contributed by atoms with E-state index in [-0.39, 0.29) is 44.2 Å². The zero-order valence-electron chi connectivity index (χ0n) is 33.3. The molecule has 2 N–H and O–H groups in total. The summed E-state index contributed by atoms with van der Waals surface area (Å²) in [6.07, 6.45) is -5.94. The molecule has 5 aromatic carbocycles. The van der Waals surface area contributed by atoms with E-state index in [1.165, 1.54) is 11.8 Å². The van der Waals surface area contributed by atoms with E-state index in [2.05, 4.69) is 12.2 Å². The van der Waals surface area contributed by atoms with Gasteiger partial charge in [0.25, 0.3) is 5.22 Å². The van der Waals surface area contributed by atoms with Crippen LogP contribution in [0.2, 0.25) is 0 Å². The molecule has 8 rings (SSSR count). The molecule has 2 aliphatic heterocycles. The summed E-state index contributed by atoms with van der Waals surface area (Å²) in [4.78, 5) is 30.5. The Labute approximate surface area is 355 Å². The van der Waals surface area contributed by atoms with Gasteiger partial charge < -0.3 is 29.2 Å². The first-order valence-corrected chi connectivity index (χ1v) is 21.1. The van der Waals surface area contributed by atoms with Crippen molar-refractivity contribution in [3.8, 4) is 33.7 Å². The van der Waals surface area contributed by atoms with E-state index < -0.39 is 30.3 Å². The highest BCUT2D eigenvalue weighted by Crippen LogP contribution is 2.44. The van der Waals surface area contributed by atoms with Gasteiger partial charge in [-0.2, -0.15) is 13.2 Å². The predicted octanol–water partition coefficient (Wildman–Crippen LogP) is 9.92. The number of aliphatic hydroxyl groups is 1. The number of aliphatic hydroxyl groups excluding tert-OH is 1. The summed E-state index contributed by atoms with van der Waals surface area (Å²) in [5.41, 5.74) is 7.64. The Kier molecular flexibility index (Phi) is 12.7. The third kappa shape index (κ3) is 9.60. The molecule has 0 saturated carbocycles. The minimum atomic E-state index is -5.04. The number of thioether (sulfide) groups is 1. The fourth-order valence-electron chi connectivity index (χ4n) is 7.88. The van der Waals surface area contributed by atoms with Crippen LogP contribution >= 0.6 is 11.8 Å². The molecule has 0 radical (unpaired) electrons. The van der Waals surface area contributed by atoms with E-state index in [1.54, 1.807) is 0 Å². The Balaban J connectivity index is 1.02. The van der Waals surface area contributed by atoms with Crippen LogP contribution in [0.1, 0.15) is 54.4 Å². The lowest BCUT2D eigenvalue weighted by Crippen LogP contribution is -2.50. The van der Waals surface area contributed by atoms with E-state index in [0.717, 1.165) is 50.2 Å². The third-order valence-corrected chi connectivity index (χ3v) is 12.0. The molecular weight excluding hydrogens is 804 g/mol. The van der Waals surface area contributed by atoms with E-state index in [0.29, 0.717) is 28.1 Å². The van der Waals surface area contributed by atoms with E-state index in [1.807, 2.05) is 133 Å². The van der Waals surface area contributed by atoms with Gasteiger partial charge in [-0.05, 0) is 52.8 Å². The average molecular weight is 848 g/mol. The Hall–Kier alpha value is -5.73. The van der Waals surface area contributed by atoms with Crippen molar-refractivity contribution in [2.45, 2.75) is 68.9 Å². The normalized spacial score (nSPS) is 20.4. The summed E-state index contributed by atoms with van der Waals surface area (Å²) < 4.78 is 59.5. The number of hydrogen-bond donors (Lipinski definition) is 2. The monoisotopic (exact) mass is 847 g/mol. The summed E-state index contributed by atoms with van der Waals surface area (Å²) >= 11 is 1.48. The highest BCUT2D eigenvalue weighted by molar-refractivity contribution is 7.99. The number of ether oxygens (including phenoxy) is 2. The van der Waals surface area contributed by atoms with E-state index in [4.69, 9.17) is 18.9 Å². The molecule has 2 fully saturated rings. The van der Waals surface area contributed by atoms with Crippen LogP contribution in [0.25, 0.3) is 33.7 Å². The number of aromatic nitrogens is 1. The van der Waals surface area contributed by atoms with Crippen molar-refractivity contribution in [3.05, 3.63) is 156 Å². The van der Waals surface area contributed by atoms with Gasteiger partial charge in [-0.3, -0.25) is 9.59 Å². The Morgan fingerprint density at radius 3 is 2.18 bits per heavy atom. The van der Waals surface area contributed by atoms with Gasteiger partial charge in [-0.25, -0.2) is 4.98 Å². The molecular formula is C48H44F3N3O6S. The van der Waals surface area contributed by atoms with Crippen LogP contribution in [0.5, 0.6) is 0 Å². The quantitative estimate of drug-likeness (QED) is 0.117. The van der Waals surface area contributed by atoms with E-state index >= 15 is 0 Å². The van der Waals surface area contributed by atoms with Crippen LogP contribution in [-0.2, 0) is 32.2 Å². The maximum Gasteiger partial charge on any atom is 0.471 e. The molecule has 0 aliphatic carbocycles. The molecule has 6 aromatic rings. The third-order valence-electron chi connectivity index (χ3n) is 11.1. The maximum absolute atomic E-state index is 13.2. The summed E-state index contributed by atoms with van der Waals surface area (Å²) in [6.45, 7) is 1.99. The van der Waals surface area contributed by atoms with Crippen molar-refractivity contribution in [2.75, 3.05) is 12.3 Å². The molecule has 0 spiro atoms. The second kappa shape index (κ2) is 18.5. The van der Waals surface area contributed by atoms with Crippen molar-refractivity contribution >= 4 is 23.6 Å². The van der Waals surface area contributed by atoms with Crippen LogP contribution in [-0.4, -0.2) is 57.4 Å². The van der Waals surface area contributed by atoms with Gasteiger partial charge in [0.05, 0.1) is 18.8 Å². The van der Waals surface area contributed by atoms with Gasteiger partial charge in [-0.1, -0.05) is 140 Å². The van der Waals surface area contributed by atoms with Crippen LogP contribution in [0.3, 0.4) is 0 Å². The van der Waals surface area contributed by atoms with Gasteiger partial charge in [0.15, 0.2) is 12.1 Å². The first-order chi connectivity index (χ1) is 29.6. The number of hydrogen-bond acceptors (Lipinski definition) is 8. The molecule has 13 heteroatoms. The molecule has 2 amide bonds. The predicted molar refractivity (Wildman–Crippen MR) is 226 cm³/mol. The highest BCUT2D eigenvalue weighted by Gasteiger charge is 2.47. The smallest absolute Gasteiger partial charge is 0.431 e. The minimum Gasteiger partial charge on any atom is -0.431 e. The first-order valence-electron chi connectivity index (χ1n) is 20.2. The number of amides is 2. The lowest BCUT2D eigenvalue weighted by molar-refractivity contribution is -0.268. The average Bonchev–Trinajstić information content (AvgIpc) is 3.97. The molecule has 1 aromatic heterocycles. The zero-order chi connectivity index (χ0) is 42.5. The largest absolute Gasteiger partial charge is 0.471 e. The summed E-state index contributed by atoms with van der Waals surface area (Å²) in [5.74, 6) is -1.48. The molecule has 5 unspecified atom stereocenters. The molecule has 314 valence electrons. The number of oxazole rings is 1. The molecule has 5 atom stereocenters. The number of likely N-dealkylation sites (tertiary alicyclic amines) is 1. The van der Waals surface area contributed by atoms with Crippen molar-refractivity contribution in [3.63, 3.8) is 0 Å². The lowest BCUT2D eigenvalue weighted by atomic mass is 9.91. The van der Waals surface area contributed by atoms with E-state index in [9.17, 15) is 27.9 Å². The van der Waals surface area contributed by atoms with Gasteiger partial charge in [0, 0.05) is 41.5 Å². The summed E-state index contributed by atoms with van der Waals surface area (Å²) in [6, 6.07) is 41.8. The molecule has 3 heterocycles. The number of benzene rings is 5. The number of carbonyl (C=O) groups is 2. The highest BCUT2D eigenvalue weighted by atomic mass is 32.2. The summed E-state index contributed by atoms with van der Waals surface area (Å²) in [7, 11) is 0. The fraction of sp³-hybridized carbons (Fsp3) is 0.271. The topological polar surface area (TPSA) is 114 Å². The van der Waals surface area contributed by atoms with Crippen LogP contribution in [0, 0.1) is 5.92 Å². The molecule has 61 heavy (non-hydrogen) atoms. The van der Waals surface area contributed by atoms with Crippen molar-refractivity contribution in [2.24, 2.45) is 5.92 Å². The minimum absolute atomic E-state index is 0.0686. The zero-order valence-corrected chi connectivity index (χ0v) is 34.1. The second-order valence-corrected chi connectivity index (χ2v) is 16.2. The fourth-order valence-corrected chi connectivity index (χ4v) is 8.87. The SMILES string of the molecule is CC1C(CSc2nc(-c3ccccc3)c(-c3ccccc3)o2)OC(c2cccc(-c3cccc(CNC(=O)C4CCCN4C(=O)C(F)(F)F)c3)c2)OC1c1ccc(CO)cc1. The second-order valence-electron chi connectivity index (χ2n) is 15.2. The summed E-state index contributed by atoms with van der Waals surface area (Å²) in [5, 5.41) is 13.0. The van der Waals surface area contributed by atoms with Crippen molar-refractivity contribution < 1.29 is 41.8 Å². The van der Waals surface area contributed by atoms with Crippen LogP contribution in [0.15, 0.2) is 143 Å². The number of carbonyl (C=O) groups excluding carboxylic acids is 2. The Morgan fingerprint density at radius 2 is 1.48 bits per heavy atom. The number of nitrogens with one attached hydrogen (secondary N) is 1. The van der Waals surface area contributed by atoms with Gasteiger partial charge in [0.1, 0.15) is 11.7 Å². The standard InChI is InChI=1S/C48H44F3N3O6S/c1-30-40(29-61-47-53-41(33-12-4-2-5-13-33)43(60-47)34-14-6-3-7-15-34)58-45(59-42(30)35-22-20-31(28-55)21-23-35)38-18-9-17-37(26-38)36-16-8-11-32(25-36)27-52-44(56)39-19-10-24-54(39)46(57)48(49,50)51/h2-9,11-18,20-23,25-26,30,39-40,42,45,55H,10,19,24,27-29H2,1H3,(H,52,56). The molecule has 9 nitrogen and oxygen atoms in total. The van der Waals surface area contributed by atoms with Gasteiger partial charge in [-0.15, -0.1) is 0 Å². The van der Waals surface area contributed by atoms with Crippen LogP contribution < -0.4 is 5.32 Å². The number of halogens is 3. The van der Waals surface area contributed by atoms with Crippen molar-refractivity contribution in [1.82, 2.24) is 15.2 Å². The number of nitrogens with zero attached hydrogens (tertiary/aromatic N) is 2. The molecule has 2 aliphatic rings. The Morgan fingerprint density at radius 1 is 0.803 bits per heavy atom. The molecule has 0 bridgehead atoms.